The Bertz CT molecular complexity index is 906. The molecule has 0 spiro atoms. The van der Waals surface area contributed by atoms with Crippen molar-refractivity contribution in [3.05, 3.63) is 57.4 Å². The summed E-state index contributed by atoms with van der Waals surface area (Å²) in [5, 5.41) is 11.2. The highest BCUT2D eigenvalue weighted by molar-refractivity contribution is 7.89. The zero-order valence-corrected chi connectivity index (χ0v) is 15.6. The van der Waals surface area contributed by atoms with Crippen molar-refractivity contribution in [2.24, 2.45) is 0 Å². The summed E-state index contributed by atoms with van der Waals surface area (Å²) in [6.45, 7) is 3.23. The number of pyridine rings is 1. The Hall–Kier alpha value is -2.23. The average Bonchev–Trinajstić information content (AvgIpc) is 2.62. The molecule has 1 aromatic carbocycles. The van der Waals surface area contributed by atoms with E-state index in [0.29, 0.717) is 42.5 Å². The van der Waals surface area contributed by atoms with E-state index in [0.717, 1.165) is 0 Å². The third-order valence-electron chi connectivity index (χ3n) is 4.28. The predicted octanol–water partition coefficient (Wildman–Crippen LogP) is 2.46. The number of nitrogens with zero attached hydrogens (tertiary/aromatic N) is 4. The van der Waals surface area contributed by atoms with Gasteiger partial charge in [0.25, 0.3) is 5.69 Å². The van der Waals surface area contributed by atoms with E-state index in [1.807, 2.05) is 4.90 Å². The van der Waals surface area contributed by atoms with Crippen LogP contribution in [0.5, 0.6) is 0 Å². The first kappa shape index (κ1) is 18.6. The summed E-state index contributed by atoms with van der Waals surface area (Å²) in [5.41, 5.74) is 1.33. The molecule has 0 amide bonds. The molecule has 1 fully saturated rings. The van der Waals surface area contributed by atoms with Gasteiger partial charge in [0.2, 0.25) is 10.0 Å². The Morgan fingerprint density at radius 1 is 1.23 bits per heavy atom. The van der Waals surface area contributed by atoms with Crippen LogP contribution in [0.25, 0.3) is 0 Å². The zero-order valence-electron chi connectivity index (χ0n) is 14.0. The second-order valence-electron chi connectivity index (χ2n) is 5.93. The molecule has 2 heterocycles. The number of nitro benzene ring substituents is 1. The van der Waals surface area contributed by atoms with Gasteiger partial charge in [0.1, 0.15) is 4.90 Å². The number of anilines is 1. The molecule has 10 heteroatoms. The normalized spacial score (nSPS) is 15.8. The highest BCUT2D eigenvalue weighted by Crippen LogP contribution is 2.34. The van der Waals surface area contributed by atoms with Crippen LogP contribution < -0.4 is 4.90 Å². The average molecular weight is 397 g/mol. The van der Waals surface area contributed by atoms with Crippen molar-refractivity contribution in [3.8, 4) is 0 Å². The molecule has 1 aliphatic rings. The molecule has 0 saturated carbocycles. The number of aromatic nitrogens is 1. The number of aryl methyl sites for hydroxylation is 1. The number of benzene rings is 1. The minimum Gasteiger partial charge on any atom is -0.367 e. The third kappa shape index (κ3) is 3.50. The monoisotopic (exact) mass is 396 g/mol. The minimum absolute atomic E-state index is 0.0611. The Labute approximate surface area is 156 Å². The van der Waals surface area contributed by atoms with Crippen LogP contribution >= 0.6 is 11.6 Å². The van der Waals surface area contributed by atoms with Crippen LogP contribution in [-0.4, -0.2) is 48.8 Å². The van der Waals surface area contributed by atoms with Crippen LogP contribution in [0.3, 0.4) is 0 Å². The summed E-state index contributed by atoms with van der Waals surface area (Å²) in [5.74, 6) is 0. The van der Waals surface area contributed by atoms with Gasteiger partial charge in [-0.1, -0.05) is 11.6 Å². The van der Waals surface area contributed by atoms with E-state index in [4.69, 9.17) is 11.6 Å². The van der Waals surface area contributed by atoms with Crippen LogP contribution in [0.1, 0.15) is 5.56 Å². The van der Waals surface area contributed by atoms with E-state index < -0.39 is 14.9 Å². The molecule has 0 aliphatic carbocycles. The van der Waals surface area contributed by atoms with E-state index in [9.17, 15) is 18.5 Å². The lowest BCUT2D eigenvalue weighted by Gasteiger charge is -2.36. The Morgan fingerprint density at radius 2 is 1.92 bits per heavy atom. The largest absolute Gasteiger partial charge is 0.367 e. The van der Waals surface area contributed by atoms with Gasteiger partial charge in [0.05, 0.1) is 15.6 Å². The fourth-order valence-electron chi connectivity index (χ4n) is 3.03. The lowest BCUT2D eigenvalue weighted by molar-refractivity contribution is -0.384. The Balaban J connectivity index is 1.78. The van der Waals surface area contributed by atoms with E-state index in [2.05, 4.69) is 4.98 Å². The summed E-state index contributed by atoms with van der Waals surface area (Å²) in [6, 6.07) is 5.90. The van der Waals surface area contributed by atoms with Crippen molar-refractivity contribution in [3.63, 3.8) is 0 Å². The molecule has 0 radical (unpaired) electrons. The number of piperazine rings is 1. The fourth-order valence-corrected chi connectivity index (χ4v) is 4.79. The van der Waals surface area contributed by atoms with Crippen LogP contribution in [0, 0.1) is 17.0 Å². The van der Waals surface area contributed by atoms with E-state index in [-0.39, 0.29) is 10.6 Å². The number of halogens is 1. The van der Waals surface area contributed by atoms with Crippen molar-refractivity contribution in [2.45, 2.75) is 11.8 Å². The molecular weight excluding hydrogens is 380 g/mol. The number of hydrogen-bond donors (Lipinski definition) is 0. The molecule has 3 rings (SSSR count). The van der Waals surface area contributed by atoms with Gasteiger partial charge < -0.3 is 4.90 Å². The van der Waals surface area contributed by atoms with E-state index >= 15 is 0 Å². The maximum absolute atomic E-state index is 12.7. The van der Waals surface area contributed by atoms with Crippen LogP contribution in [0.2, 0.25) is 5.02 Å². The molecule has 0 atom stereocenters. The van der Waals surface area contributed by atoms with Crippen molar-refractivity contribution >= 4 is 33.0 Å². The summed E-state index contributed by atoms with van der Waals surface area (Å²) in [6.07, 6.45) is 2.86. The molecule has 1 aliphatic heterocycles. The first-order chi connectivity index (χ1) is 12.3. The highest BCUT2D eigenvalue weighted by atomic mass is 35.5. The van der Waals surface area contributed by atoms with Crippen molar-refractivity contribution < 1.29 is 13.3 Å². The molecule has 26 heavy (non-hydrogen) atoms. The first-order valence-electron chi connectivity index (χ1n) is 7.90. The lowest BCUT2D eigenvalue weighted by Crippen LogP contribution is -2.49. The van der Waals surface area contributed by atoms with Gasteiger partial charge in [-0.15, -0.1) is 0 Å². The Morgan fingerprint density at radius 3 is 2.46 bits per heavy atom. The number of sulfonamides is 1. The molecule has 1 aromatic heterocycles. The van der Waals surface area contributed by atoms with Gasteiger partial charge in [0, 0.05) is 50.7 Å². The predicted molar refractivity (Wildman–Crippen MR) is 98.1 cm³/mol. The van der Waals surface area contributed by atoms with Gasteiger partial charge in [-0.3, -0.25) is 15.1 Å². The highest BCUT2D eigenvalue weighted by Gasteiger charge is 2.30. The molecule has 138 valence electrons. The second-order valence-corrected chi connectivity index (χ2v) is 8.28. The smallest absolute Gasteiger partial charge is 0.271 e. The molecule has 2 aromatic rings. The van der Waals surface area contributed by atoms with Gasteiger partial charge in [-0.05, 0) is 24.6 Å². The van der Waals surface area contributed by atoms with Gasteiger partial charge in [-0.2, -0.15) is 4.31 Å². The van der Waals surface area contributed by atoms with Crippen molar-refractivity contribution in [1.29, 1.82) is 0 Å². The Kier molecular flexibility index (Phi) is 5.12. The van der Waals surface area contributed by atoms with Crippen LogP contribution in [0.15, 0.2) is 41.6 Å². The van der Waals surface area contributed by atoms with E-state index in [1.165, 1.54) is 34.9 Å². The zero-order chi connectivity index (χ0) is 18.9. The molecule has 0 unspecified atom stereocenters. The molecule has 1 saturated heterocycles. The first-order valence-corrected chi connectivity index (χ1v) is 9.72. The maximum atomic E-state index is 12.7. The summed E-state index contributed by atoms with van der Waals surface area (Å²) in [4.78, 5) is 16.4. The fraction of sp³-hybridized carbons (Fsp3) is 0.312. The number of hydrogen-bond acceptors (Lipinski definition) is 6. The molecule has 0 N–H and O–H groups in total. The standard InChI is InChI=1S/C16H17ClN4O4S/c1-12-9-13(21(22)23)10-15(17)16(12)19-5-7-20(8-6-19)26(24,25)14-3-2-4-18-11-14/h2-4,9-11H,5-8H2,1H3. The lowest BCUT2D eigenvalue weighted by atomic mass is 10.1. The quantitative estimate of drug-likeness (QED) is 0.581. The topological polar surface area (TPSA) is 96.6 Å². The van der Waals surface area contributed by atoms with Gasteiger partial charge >= 0.3 is 0 Å². The molecule has 8 nitrogen and oxygen atoms in total. The third-order valence-corrected chi connectivity index (χ3v) is 6.45. The van der Waals surface area contributed by atoms with Gasteiger partial charge in [0.15, 0.2) is 0 Å². The SMILES string of the molecule is Cc1cc([N+](=O)[O-])cc(Cl)c1N1CCN(S(=O)(=O)c2cccnc2)CC1. The van der Waals surface area contributed by atoms with Crippen LogP contribution in [0.4, 0.5) is 11.4 Å². The summed E-state index contributed by atoms with van der Waals surface area (Å²) >= 11 is 6.25. The minimum atomic E-state index is -3.58. The molecular formula is C16H17ClN4O4S. The molecule has 0 bridgehead atoms. The van der Waals surface area contributed by atoms with Crippen LogP contribution in [-0.2, 0) is 10.0 Å². The van der Waals surface area contributed by atoms with Gasteiger partial charge in [-0.25, -0.2) is 8.42 Å². The number of rotatable bonds is 4. The second kappa shape index (κ2) is 7.18. The van der Waals surface area contributed by atoms with E-state index in [1.54, 1.807) is 13.0 Å². The maximum Gasteiger partial charge on any atom is 0.271 e. The van der Waals surface area contributed by atoms with Crippen molar-refractivity contribution in [1.82, 2.24) is 9.29 Å². The number of non-ortho nitro benzene ring substituents is 1. The summed E-state index contributed by atoms with van der Waals surface area (Å²) < 4.78 is 26.7. The summed E-state index contributed by atoms with van der Waals surface area (Å²) in [7, 11) is -3.58. The van der Waals surface area contributed by atoms with Crippen molar-refractivity contribution in [2.75, 3.05) is 31.1 Å². The number of nitro groups is 1.